The molecule has 4 N–H and O–H groups in total. The highest BCUT2D eigenvalue weighted by Gasteiger charge is 2.37. The number of aliphatic hydroxyl groups is 1. The Hall–Kier alpha value is -2.90. The lowest BCUT2D eigenvalue weighted by Gasteiger charge is -2.30. The molecule has 3 rings (SSSR count). The Morgan fingerprint density at radius 3 is 2.03 bits per heavy atom. The predicted octanol–water partition coefficient (Wildman–Crippen LogP) is 4.60. The lowest BCUT2D eigenvalue weighted by Crippen LogP contribution is -2.53. The number of rotatable bonds is 16. The van der Waals surface area contributed by atoms with E-state index >= 15 is 0 Å². The largest absolute Gasteiger partial charge is 0.453 e. The van der Waals surface area contributed by atoms with Crippen LogP contribution < -0.4 is 16.0 Å². The number of hydrogen-bond acceptors (Lipinski definition) is 5. The Kier molecular flexibility index (Phi) is 12.1. The van der Waals surface area contributed by atoms with E-state index in [0.29, 0.717) is 11.8 Å². The van der Waals surface area contributed by atoms with Gasteiger partial charge in [-0.15, -0.1) is 0 Å². The van der Waals surface area contributed by atoms with Gasteiger partial charge in [0.2, 0.25) is 5.91 Å². The number of hydrogen-bond donors (Lipinski definition) is 4. The molecule has 0 bridgehead atoms. The molecule has 0 spiro atoms. The van der Waals surface area contributed by atoms with Gasteiger partial charge in [-0.05, 0) is 68.0 Å². The van der Waals surface area contributed by atoms with Gasteiger partial charge in [-0.1, -0.05) is 74.5 Å². The maximum atomic E-state index is 13.8. The molecular weight excluding hydrogens is 478 g/mol. The summed E-state index contributed by atoms with van der Waals surface area (Å²) in [5.41, 5.74) is 1.88. The zero-order valence-electron chi connectivity index (χ0n) is 23.1. The fourth-order valence-electron chi connectivity index (χ4n) is 5.00. The van der Waals surface area contributed by atoms with Gasteiger partial charge >= 0.3 is 6.09 Å². The van der Waals surface area contributed by atoms with Crippen LogP contribution in [0.3, 0.4) is 0 Å². The summed E-state index contributed by atoms with van der Waals surface area (Å²) in [5, 5.41) is 19.4. The van der Waals surface area contributed by atoms with Crippen LogP contribution in [0.5, 0.6) is 0 Å². The molecule has 2 aromatic carbocycles. The van der Waals surface area contributed by atoms with Crippen LogP contribution in [-0.2, 0) is 9.53 Å². The molecule has 0 unspecified atom stereocenters. The smallest absolute Gasteiger partial charge is 0.407 e. The van der Waals surface area contributed by atoms with E-state index in [-0.39, 0.29) is 30.5 Å². The lowest BCUT2D eigenvalue weighted by atomic mass is 9.84. The van der Waals surface area contributed by atoms with Crippen LogP contribution in [0.1, 0.15) is 69.4 Å². The standard InChI is InChI=1S/C31H45N3O4/c1-22(2)19-20-32-26(21-35)15-10-16-27(23-17-18-23)33-30(36)29(34-31(37)38-3)28(24-11-6-4-7-12-24)25-13-8-5-9-14-25/h4-9,11-14,22-23,26-29,32,35H,10,15-21H2,1-3H3,(H,33,36)(H,34,37)/t26-,27+,29-/m0/s1. The van der Waals surface area contributed by atoms with Crippen molar-refractivity contribution in [2.24, 2.45) is 11.8 Å². The van der Waals surface area contributed by atoms with Gasteiger partial charge in [0.15, 0.2) is 0 Å². The third-order valence-electron chi connectivity index (χ3n) is 7.35. The third kappa shape index (κ3) is 9.44. The second-order valence-corrected chi connectivity index (χ2v) is 10.8. The molecule has 0 heterocycles. The molecule has 208 valence electrons. The fourth-order valence-corrected chi connectivity index (χ4v) is 5.00. The van der Waals surface area contributed by atoms with Crippen LogP contribution in [0, 0.1) is 11.8 Å². The van der Waals surface area contributed by atoms with Crippen molar-refractivity contribution in [1.29, 1.82) is 0 Å². The van der Waals surface area contributed by atoms with Crippen molar-refractivity contribution >= 4 is 12.0 Å². The molecule has 1 saturated carbocycles. The summed E-state index contributed by atoms with van der Waals surface area (Å²) in [6.07, 6.45) is 5.23. The van der Waals surface area contributed by atoms with E-state index in [1.165, 1.54) is 7.11 Å². The fraction of sp³-hybridized carbons (Fsp3) is 0.548. The van der Waals surface area contributed by atoms with Gasteiger partial charge < -0.3 is 25.8 Å². The Labute approximate surface area is 227 Å². The number of carbonyl (C=O) groups is 2. The number of carbonyl (C=O) groups excluding carboxylic acids is 2. The minimum absolute atomic E-state index is 0.0339. The average Bonchev–Trinajstić information content (AvgIpc) is 3.77. The number of nitrogens with one attached hydrogen (secondary N) is 3. The zero-order chi connectivity index (χ0) is 27.3. The predicted molar refractivity (Wildman–Crippen MR) is 151 cm³/mol. The normalized spacial score (nSPS) is 15.6. The van der Waals surface area contributed by atoms with Gasteiger partial charge in [0.1, 0.15) is 6.04 Å². The highest BCUT2D eigenvalue weighted by molar-refractivity contribution is 5.87. The van der Waals surface area contributed by atoms with E-state index in [1.54, 1.807) is 0 Å². The second-order valence-electron chi connectivity index (χ2n) is 10.8. The number of benzene rings is 2. The van der Waals surface area contributed by atoms with Crippen molar-refractivity contribution in [1.82, 2.24) is 16.0 Å². The first-order valence-corrected chi connectivity index (χ1v) is 14.0. The van der Waals surface area contributed by atoms with Gasteiger partial charge in [0.05, 0.1) is 13.7 Å². The quantitative estimate of drug-likeness (QED) is 0.258. The van der Waals surface area contributed by atoms with Crippen molar-refractivity contribution in [3.05, 3.63) is 71.8 Å². The van der Waals surface area contributed by atoms with Gasteiger partial charge in [-0.25, -0.2) is 4.79 Å². The van der Waals surface area contributed by atoms with Crippen molar-refractivity contribution in [3.63, 3.8) is 0 Å². The number of methoxy groups -OCH3 is 1. The molecule has 7 heteroatoms. The van der Waals surface area contributed by atoms with Crippen molar-refractivity contribution in [2.45, 2.75) is 76.4 Å². The van der Waals surface area contributed by atoms with E-state index < -0.39 is 12.1 Å². The van der Waals surface area contributed by atoms with E-state index in [4.69, 9.17) is 4.74 Å². The summed E-state index contributed by atoms with van der Waals surface area (Å²) in [4.78, 5) is 26.2. The molecule has 0 aliphatic heterocycles. The number of aliphatic hydroxyl groups excluding tert-OH is 1. The summed E-state index contributed by atoms with van der Waals surface area (Å²) in [7, 11) is 1.31. The molecular formula is C31H45N3O4. The van der Waals surface area contributed by atoms with Gasteiger partial charge in [-0.3, -0.25) is 4.79 Å². The van der Waals surface area contributed by atoms with Crippen LogP contribution in [0.2, 0.25) is 0 Å². The Morgan fingerprint density at radius 2 is 1.53 bits per heavy atom. The van der Waals surface area contributed by atoms with Crippen LogP contribution >= 0.6 is 0 Å². The second kappa shape index (κ2) is 15.5. The van der Waals surface area contributed by atoms with Crippen LogP contribution in [0.4, 0.5) is 4.79 Å². The summed E-state index contributed by atoms with van der Waals surface area (Å²) < 4.78 is 4.91. The average molecular weight is 524 g/mol. The van der Waals surface area contributed by atoms with E-state index in [9.17, 15) is 14.7 Å². The topological polar surface area (TPSA) is 99.7 Å². The summed E-state index contributed by atoms with van der Waals surface area (Å²) in [6, 6.07) is 18.8. The number of ether oxygens (including phenoxy) is 1. The van der Waals surface area contributed by atoms with Crippen LogP contribution in [0.25, 0.3) is 0 Å². The van der Waals surface area contributed by atoms with E-state index in [0.717, 1.165) is 56.2 Å². The number of alkyl carbamates (subject to hydrolysis) is 1. The Balaban J connectivity index is 1.72. The van der Waals surface area contributed by atoms with Crippen molar-refractivity contribution in [3.8, 4) is 0 Å². The first-order chi connectivity index (χ1) is 18.4. The minimum Gasteiger partial charge on any atom is -0.453 e. The molecule has 1 aliphatic carbocycles. The number of amides is 2. The molecule has 0 aromatic heterocycles. The maximum Gasteiger partial charge on any atom is 0.407 e. The summed E-state index contributed by atoms with van der Waals surface area (Å²) in [5.74, 6) is 0.489. The monoisotopic (exact) mass is 523 g/mol. The van der Waals surface area contributed by atoms with Gasteiger partial charge in [0.25, 0.3) is 0 Å². The van der Waals surface area contributed by atoms with Crippen molar-refractivity contribution < 1.29 is 19.4 Å². The van der Waals surface area contributed by atoms with Gasteiger partial charge in [0, 0.05) is 18.0 Å². The molecule has 7 nitrogen and oxygen atoms in total. The first-order valence-electron chi connectivity index (χ1n) is 14.0. The van der Waals surface area contributed by atoms with Crippen LogP contribution in [-0.4, -0.2) is 55.5 Å². The molecule has 1 aliphatic rings. The summed E-state index contributed by atoms with van der Waals surface area (Å²) >= 11 is 0. The maximum absolute atomic E-state index is 13.8. The molecule has 38 heavy (non-hydrogen) atoms. The zero-order valence-corrected chi connectivity index (χ0v) is 23.1. The Bertz CT molecular complexity index is 926. The molecule has 3 atom stereocenters. The van der Waals surface area contributed by atoms with Crippen LogP contribution in [0.15, 0.2) is 60.7 Å². The Morgan fingerprint density at radius 1 is 0.921 bits per heavy atom. The molecule has 2 amide bonds. The SMILES string of the molecule is COC(=O)N[C@H](C(=O)N[C@H](CCC[C@@H](CO)NCCC(C)C)C1CC1)C(c1ccccc1)c1ccccc1. The molecule has 1 fully saturated rings. The van der Waals surface area contributed by atoms with Gasteiger partial charge in [-0.2, -0.15) is 0 Å². The minimum atomic E-state index is -0.837. The van der Waals surface area contributed by atoms with Crippen molar-refractivity contribution in [2.75, 3.05) is 20.3 Å². The van der Waals surface area contributed by atoms with E-state index in [2.05, 4.69) is 29.8 Å². The first kappa shape index (κ1) is 29.7. The molecule has 0 radical (unpaired) electrons. The van der Waals surface area contributed by atoms with E-state index in [1.807, 2.05) is 60.7 Å². The summed E-state index contributed by atoms with van der Waals surface area (Å²) in [6.45, 7) is 5.40. The lowest BCUT2D eigenvalue weighted by molar-refractivity contribution is -0.124. The molecule has 0 saturated heterocycles. The highest BCUT2D eigenvalue weighted by Crippen LogP contribution is 2.35. The third-order valence-corrected chi connectivity index (χ3v) is 7.35. The molecule has 2 aromatic rings. The highest BCUT2D eigenvalue weighted by atomic mass is 16.5.